The third-order valence-corrected chi connectivity index (χ3v) is 6.50. The number of rotatable bonds is 4. The SMILES string of the molecule is Cc1ccc(Nc2nc(C)cc(N3CCN(C(=O)c4cc(Br)cs4)CC3)n2)cc1. The van der Waals surface area contributed by atoms with Crippen LogP contribution in [0.25, 0.3) is 0 Å². The van der Waals surface area contributed by atoms with E-state index in [1.807, 2.05) is 41.5 Å². The van der Waals surface area contributed by atoms with Crippen LogP contribution in [0, 0.1) is 13.8 Å². The first-order valence-electron chi connectivity index (χ1n) is 9.45. The van der Waals surface area contributed by atoms with Crippen molar-refractivity contribution in [2.45, 2.75) is 13.8 Å². The number of benzene rings is 1. The third-order valence-electron chi connectivity index (χ3n) is 4.82. The molecule has 0 radical (unpaired) electrons. The minimum Gasteiger partial charge on any atom is -0.353 e. The van der Waals surface area contributed by atoms with Gasteiger partial charge in [-0.25, -0.2) is 4.98 Å². The summed E-state index contributed by atoms with van der Waals surface area (Å²) in [4.78, 5) is 26.8. The van der Waals surface area contributed by atoms with Gasteiger partial charge in [-0.1, -0.05) is 17.7 Å². The molecule has 0 bridgehead atoms. The fraction of sp³-hybridized carbons (Fsp3) is 0.286. The quantitative estimate of drug-likeness (QED) is 0.601. The number of aromatic nitrogens is 2. The van der Waals surface area contributed by atoms with E-state index in [0.29, 0.717) is 19.0 Å². The zero-order valence-electron chi connectivity index (χ0n) is 16.4. The maximum atomic E-state index is 12.7. The van der Waals surface area contributed by atoms with Crippen LogP contribution in [0.1, 0.15) is 20.9 Å². The van der Waals surface area contributed by atoms with Gasteiger partial charge < -0.3 is 15.1 Å². The van der Waals surface area contributed by atoms with Crippen LogP contribution >= 0.6 is 27.3 Å². The van der Waals surface area contributed by atoms with E-state index in [0.717, 1.165) is 39.6 Å². The lowest BCUT2D eigenvalue weighted by molar-refractivity contribution is 0.0751. The van der Waals surface area contributed by atoms with Gasteiger partial charge in [0, 0.05) is 53.5 Å². The van der Waals surface area contributed by atoms with Crippen molar-refractivity contribution in [2.24, 2.45) is 0 Å². The largest absolute Gasteiger partial charge is 0.353 e. The van der Waals surface area contributed by atoms with Gasteiger partial charge in [-0.2, -0.15) is 4.98 Å². The van der Waals surface area contributed by atoms with Gasteiger partial charge in [0.25, 0.3) is 5.91 Å². The number of thiophene rings is 1. The van der Waals surface area contributed by atoms with Crippen molar-refractivity contribution in [1.29, 1.82) is 0 Å². The van der Waals surface area contributed by atoms with Crippen LogP contribution in [-0.2, 0) is 0 Å². The van der Waals surface area contributed by atoms with Crippen LogP contribution in [0.4, 0.5) is 17.5 Å². The molecule has 29 heavy (non-hydrogen) atoms. The molecule has 3 heterocycles. The molecule has 8 heteroatoms. The molecule has 1 N–H and O–H groups in total. The van der Waals surface area contributed by atoms with E-state index in [2.05, 4.69) is 50.2 Å². The summed E-state index contributed by atoms with van der Waals surface area (Å²) in [6.45, 7) is 6.89. The normalized spacial score (nSPS) is 14.2. The van der Waals surface area contributed by atoms with Crippen LogP contribution in [0.2, 0.25) is 0 Å². The Morgan fingerprint density at radius 1 is 1.07 bits per heavy atom. The van der Waals surface area contributed by atoms with Gasteiger partial charge in [-0.3, -0.25) is 4.79 Å². The topological polar surface area (TPSA) is 61.4 Å². The fourth-order valence-corrected chi connectivity index (χ4v) is 4.65. The molecule has 1 fully saturated rings. The summed E-state index contributed by atoms with van der Waals surface area (Å²) in [5.74, 6) is 1.57. The van der Waals surface area contributed by atoms with E-state index in [4.69, 9.17) is 4.98 Å². The summed E-state index contributed by atoms with van der Waals surface area (Å²) in [6, 6.07) is 12.0. The Morgan fingerprint density at radius 2 is 1.79 bits per heavy atom. The fourth-order valence-electron chi connectivity index (χ4n) is 3.26. The number of anilines is 3. The molecule has 0 aliphatic carbocycles. The minimum absolute atomic E-state index is 0.0981. The van der Waals surface area contributed by atoms with Crippen molar-refractivity contribution in [1.82, 2.24) is 14.9 Å². The van der Waals surface area contributed by atoms with Gasteiger partial charge in [0.15, 0.2) is 0 Å². The monoisotopic (exact) mass is 471 g/mol. The lowest BCUT2D eigenvalue weighted by atomic mass is 10.2. The molecule has 1 aliphatic rings. The van der Waals surface area contributed by atoms with Crippen molar-refractivity contribution in [3.63, 3.8) is 0 Å². The van der Waals surface area contributed by atoms with Crippen molar-refractivity contribution in [3.05, 3.63) is 62.4 Å². The Labute approximate surface area is 182 Å². The molecule has 1 amide bonds. The molecule has 0 unspecified atom stereocenters. The Balaban J connectivity index is 1.43. The molecule has 4 rings (SSSR count). The number of carbonyl (C=O) groups excluding carboxylic acids is 1. The molecule has 0 spiro atoms. The van der Waals surface area contributed by atoms with Gasteiger partial charge in [-0.05, 0) is 48.0 Å². The zero-order chi connectivity index (χ0) is 20.4. The van der Waals surface area contributed by atoms with Gasteiger partial charge in [0.05, 0.1) is 4.88 Å². The highest BCUT2D eigenvalue weighted by Crippen LogP contribution is 2.23. The Bertz CT molecular complexity index is 1010. The lowest BCUT2D eigenvalue weighted by Gasteiger charge is -2.35. The van der Waals surface area contributed by atoms with E-state index in [1.165, 1.54) is 16.9 Å². The molecule has 0 atom stereocenters. The number of hydrogen-bond acceptors (Lipinski definition) is 6. The number of nitrogens with one attached hydrogen (secondary N) is 1. The minimum atomic E-state index is 0.0981. The Hall–Kier alpha value is -2.45. The Kier molecular flexibility index (Phi) is 5.82. The highest BCUT2D eigenvalue weighted by atomic mass is 79.9. The lowest BCUT2D eigenvalue weighted by Crippen LogP contribution is -2.49. The maximum Gasteiger partial charge on any atom is 0.264 e. The summed E-state index contributed by atoms with van der Waals surface area (Å²) in [6.07, 6.45) is 0. The summed E-state index contributed by atoms with van der Waals surface area (Å²) in [5.41, 5.74) is 3.08. The zero-order valence-corrected chi connectivity index (χ0v) is 18.8. The first kappa shape index (κ1) is 19.8. The van der Waals surface area contributed by atoms with Crippen LogP contribution < -0.4 is 10.2 Å². The van der Waals surface area contributed by atoms with Crippen LogP contribution in [-0.4, -0.2) is 47.0 Å². The van der Waals surface area contributed by atoms with Gasteiger partial charge in [0.2, 0.25) is 5.95 Å². The van der Waals surface area contributed by atoms with Crippen molar-refractivity contribution >= 4 is 50.6 Å². The number of nitrogens with zero attached hydrogens (tertiary/aromatic N) is 4. The molecule has 0 saturated carbocycles. The number of carbonyl (C=O) groups is 1. The molecular weight excluding hydrogens is 450 g/mol. The standard InChI is InChI=1S/C21H22BrN5OS/c1-14-3-5-17(6-4-14)24-21-23-15(2)11-19(25-21)26-7-9-27(10-8-26)20(28)18-12-16(22)13-29-18/h3-6,11-13H,7-10H2,1-2H3,(H,23,24,25). The molecule has 3 aromatic rings. The van der Waals surface area contributed by atoms with Crippen molar-refractivity contribution < 1.29 is 4.79 Å². The van der Waals surface area contributed by atoms with E-state index >= 15 is 0 Å². The molecular formula is C21H22BrN5OS. The van der Waals surface area contributed by atoms with Crippen LogP contribution in [0.5, 0.6) is 0 Å². The Morgan fingerprint density at radius 3 is 2.45 bits per heavy atom. The predicted octanol–water partition coefficient (Wildman–Crippen LogP) is 4.62. The maximum absolute atomic E-state index is 12.7. The number of halogens is 1. The number of amides is 1. The first-order valence-corrected chi connectivity index (χ1v) is 11.1. The van der Waals surface area contributed by atoms with E-state index < -0.39 is 0 Å². The first-order chi connectivity index (χ1) is 14.0. The highest BCUT2D eigenvalue weighted by molar-refractivity contribution is 9.10. The molecule has 1 aromatic carbocycles. The number of hydrogen-bond donors (Lipinski definition) is 1. The summed E-state index contributed by atoms with van der Waals surface area (Å²) < 4.78 is 0.953. The average Bonchev–Trinajstić information content (AvgIpc) is 3.15. The highest BCUT2D eigenvalue weighted by Gasteiger charge is 2.24. The summed E-state index contributed by atoms with van der Waals surface area (Å²) in [7, 11) is 0. The van der Waals surface area contributed by atoms with Crippen LogP contribution in [0.15, 0.2) is 46.3 Å². The van der Waals surface area contributed by atoms with E-state index in [9.17, 15) is 4.79 Å². The molecule has 150 valence electrons. The second-order valence-corrected chi connectivity index (χ2v) is 8.92. The number of piperazine rings is 1. The smallest absolute Gasteiger partial charge is 0.264 e. The van der Waals surface area contributed by atoms with Crippen molar-refractivity contribution in [3.8, 4) is 0 Å². The molecule has 2 aromatic heterocycles. The number of aryl methyl sites for hydroxylation is 2. The van der Waals surface area contributed by atoms with Gasteiger partial charge >= 0.3 is 0 Å². The van der Waals surface area contributed by atoms with Gasteiger partial charge in [0.1, 0.15) is 5.82 Å². The van der Waals surface area contributed by atoms with Gasteiger partial charge in [-0.15, -0.1) is 11.3 Å². The van der Waals surface area contributed by atoms with E-state index in [-0.39, 0.29) is 5.91 Å². The predicted molar refractivity (Wildman–Crippen MR) is 121 cm³/mol. The van der Waals surface area contributed by atoms with Crippen LogP contribution in [0.3, 0.4) is 0 Å². The average molecular weight is 472 g/mol. The van der Waals surface area contributed by atoms with E-state index in [1.54, 1.807) is 0 Å². The van der Waals surface area contributed by atoms with Crippen molar-refractivity contribution in [2.75, 3.05) is 36.4 Å². The molecule has 1 saturated heterocycles. The molecule has 6 nitrogen and oxygen atoms in total. The second kappa shape index (κ2) is 8.51. The second-order valence-electron chi connectivity index (χ2n) is 7.09. The summed E-state index contributed by atoms with van der Waals surface area (Å²) in [5, 5.41) is 5.23. The molecule has 1 aliphatic heterocycles. The third kappa shape index (κ3) is 4.76. The summed E-state index contributed by atoms with van der Waals surface area (Å²) >= 11 is 4.89.